The largest absolute Gasteiger partial charge is 0.416 e. The van der Waals surface area contributed by atoms with E-state index in [9.17, 15) is 13.2 Å². The summed E-state index contributed by atoms with van der Waals surface area (Å²) in [5.74, 6) is 0. The van der Waals surface area contributed by atoms with Gasteiger partial charge in [-0.05, 0) is 35.9 Å². The monoisotopic (exact) mass is 290 g/mol. The zero-order chi connectivity index (χ0) is 15.1. The summed E-state index contributed by atoms with van der Waals surface area (Å²) in [6.45, 7) is 0. The molecule has 0 amide bonds. The molecule has 0 saturated heterocycles. The third-order valence-corrected chi connectivity index (χ3v) is 2.65. The van der Waals surface area contributed by atoms with E-state index in [1.54, 1.807) is 6.08 Å². The van der Waals surface area contributed by atoms with Gasteiger partial charge in [0, 0.05) is 6.21 Å². The molecule has 0 saturated carbocycles. The molecule has 0 spiro atoms. The molecule has 0 unspecified atom stereocenters. The molecule has 0 aliphatic carbocycles. The van der Waals surface area contributed by atoms with Crippen LogP contribution in [-0.2, 0) is 6.18 Å². The quantitative estimate of drug-likeness (QED) is 0.634. The summed E-state index contributed by atoms with van der Waals surface area (Å²) in [7, 11) is 0. The van der Waals surface area contributed by atoms with E-state index in [-0.39, 0.29) is 0 Å². The lowest BCUT2D eigenvalue weighted by Gasteiger charge is -2.06. The summed E-state index contributed by atoms with van der Waals surface area (Å²) in [6.07, 6.45) is 0.829. The number of rotatable bonds is 4. The smallest absolute Gasteiger partial charge is 0.279 e. The summed E-state index contributed by atoms with van der Waals surface area (Å²) in [4.78, 5) is 0. The lowest BCUT2D eigenvalue weighted by atomic mass is 10.2. The van der Waals surface area contributed by atoms with Gasteiger partial charge in [-0.1, -0.05) is 36.4 Å². The van der Waals surface area contributed by atoms with Crippen molar-refractivity contribution in [3.63, 3.8) is 0 Å². The van der Waals surface area contributed by atoms with Gasteiger partial charge in [-0.2, -0.15) is 18.3 Å². The number of hydrogen-bond donors (Lipinski definition) is 1. The maximum Gasteiger partial charge on any atom is 0.416 e. The second-order valence-corrected chi connectivity index (χ2v) is 4.23. The highest BCUT2D eigenvalue weighted by Gasteiger charge is 2.29. The minimum absolute atomic E-state index is 0.493. The molecule has 5 heteroatoms. The maximum absolute atomic E-state index is 12.4. The van der Waals surface area contributed by atoms with Gasteiger partial charge in [0.15, 0.2) is 0 Å². The fraction of sp³-hybridized carbons (Fsp3) is 0.0625. The van der Waals surface area contributed by atoms with Gasteiger partial charge in [0.25, 0.3) is 0 Å². The first-order valence-corrected chi connectivity index (χ1v) is 6.24. The van der Waals surface area contributed by atoms with Crippen LogP contribution in [0.4, 0.5) is 18.9 Å². The molecular formula is C16H13F3N2. The van der Waals surface area contributed by atoms with Crippen LogP contribution in [0.5, 0.6) is 0 Å². The number of halogens is 3. The lowest BCUT2D eigenvalue weighted by Crippen LogP contribution is -2.04. The summed E-state index contributed by atoms with van der Waals surface area (Å²) >= 11 is 0. The van der Waals surface area contributed by atoms with Crippen molar-refractivity contribution in [2.75, 3.05) is 5.43 Å². The molecule has 0 heterocycles. The minimum atomic E-state index is -4.32. The van der Waals surface area contributed by atoms with Gasteiger partial charge in [-0.3, -0.25) is 5.43 Å². The van der Waals surface area contributed by atoms with E-state index in [0.29, 0.717) is 5.69 Å². The number of benzene rings is 2. The molecular weight excluding hydrogens is 277 g/mol. The first kappa shape index (κ1) is 14.8. The number of alkyl halides is 3. The van der Waals surface area contributed by atoms with Crippen LogP contribution in [0.1, 0.15) is 11.1 Å². The van der Waals surface area contributed by atoms with Gasteiger partial charge in [-0.15, -0.1) is 0 Å². The first-order chi connectivity index (χ1) is 10.1. The normalized spacial score (nSPS) is 12.1. The van der Waals surface area contributed by atoms with Crippen LogP contribution in [0.15, 0.2) is 65.8 Å². The van der Waals surface area contributed by atoms with Gasteiger partial charge in [0.05, 0.1) is 11.3 Å². The zero-order valence-electron chi connectivity index (χ0n) is 11.0. The number of nitrogens with zero attached hydrogens (tertiary/aromatic N) is 1. The molecule has 2 nitrogen and oxygen atoms in total. The zero-order valence-corrected chi connectivity index (χ0v) is 11.0. The Bertz CT molecular complexity index is 614. The summed E-state index contributed by atoms with van der Waals surface area (Å²) in [5, 5.41) is 3.91. The number of allylic oxidation sites excluding steroid dienone is 1. The molecule has 2 rings (SSSR count). The van der Waals surface area contributed by atoms with E-state index in [0.717, 1.165) is 17.7 Å². The highest BCUT2D eigenvalue weighted by atomic mass is 19.4. The maximum atomic E-state index is 12.4. The molecule has 0 aliphatic heterocycles. The Kier molecular flexibility index (Phi) is 4.77. The van der Waals surface area contributed by atoms with Crippen molar-refractivity contribution in [2.24, 2.45) is 5.10 Å². The molecule has 0 atom stereocenters. The Balaban J connectivity index is 1.88. The molecule has 2 aromatic rings. The summed E-state index contributed by atoms with van der Waals surface area (Å²) < 4.78 is 37.1. The lowest BCUT2D eigenvalue weighted by molar-refractivity contribution is -0.137. The van der Waals surface area contributed by atoms with Crippen LogP contribution in [-0.4, -0.2) is 6.21 Å². The van der Waals surface area contributed by atoms with E-state index in [2.05, 4.69) is 10.5 Å². The van der Waals surface area contributed by atoms with E-state index in [4.69, 9.17) is 0 Å². The van der Waals surface area contributed by atoms with Crippen LogP contribution < -0.4 is 5.43 Å². The van der Waals surface area contributed by atoms with E-state index in [1.807, 2.05) is 36.4 Å². The van der Waals surface area contributed by atoms with Crippen molar-refractivity contribution in [1.82, 2.24) is 0 Å². The number of nitrogens with one attached hydrogen (secondary N) is 1. The fourth-order valence-corrected chi connectivity index (χ4v) is 1.61. The van der Waals surface area contributed by atoms with Crippen molar-refractivity contribution in [3.05, 3.63) is 71.8 Å². The fourth-order valence-electron chi connectivity index (χ4n) is 1.61. The molecule has 0 bridgehead atoms. The molecule has 0 aliphatic rings. The molecule has 21 heavy (non-hydrogen) atoms. The van der Waals surface area contributed by atoms with E-state index < -0.39 is 11.7 Å². The number of anilines is 1. The van der Waals surface area contributed by atoms with Gasteiger partial charge < -0.3 is 0 Å². The van der Waals surface area contributed by atoms with Crippen LogP contribution in [0, 0.1) is 0 Å². The molecule has 2 aromatic carbocycles. The predicted molar refractivity (Wildman–Crippen MR) is 79.0 cm³/mol. The average Bonchev–Trinajstić information content (AvgIpc) is 2.47. The van der Waals surface area contributed by atoms with Crippen molar-refractivity contribution >= 4 is 18.0 Å². The Morgan fingerprint density at radius 3 is 2.19 bits per heavy atom. The Hall–Kier alpha value is -2.56. The van der Waals surface area contributed by atoms with E-state index in [1.165, 1.54) is 18.3 Å². The van der Waals surface area contributed by atoms with Gasteiger partial charge in [0.2, 0.25) is 0 Å². The number of hydrazone groups is 1. The molecule has 1 N–H and O–H groups in total. The van der Waals surface area contributed by atoms with Crippen LogP contribution in [0.25, 0.3) is 6.08 Å². The molecule has 108 valence electrons. The SMILES string of the molecule is FC(F)(F)c1ccc(NN=CC=Cc2ccccc2)cc1. The van der Waals surface area contributed by atoms with Crippen molar-refractivity contribution in [3.8, 4) is 0 Å². The molecule has 0 aromatic heterocycles. The van der Waals surface area contributed by atoms with Crippen molar-refractivity contribution < 1.29 is 13.2 Å². The molecule has 0 fully saturated rings. The van der Waals surface area contributed by atoms with E-state index >= 15 is 0 Å². The second-order valence-electron chi connectivity index (χ2n) is 4.23. The van der Waals surface area contributed by atoms with Crippen LogP contribution >= 0.6 is 0 Å². The van der Waals surface area contributed by atoms with Crippen LogP contribution in [0.2, 0.25) is 0 Å². The summed E-state index contributed by atoms with van der Waals surface area (Å²) in [6, 6.07) is 14.4. The average molecular weight is 290 g/mol. The first-order valence-electron chi connectivity index (χ1n) is 6.24. The molecule has 0 radical (unpaired) electrons. The second kappa shape index (κ2) is 6.74. The van der Waals surface area contributed by atoms with Crippen molar-refractivity contribution in [1.29, 1.82) is 0 Å². The Morgan fingerprint density at radius 1 is 0.905 bits per heavy atom. The standard InChI is InChI=1S/C16H13F3N2/c17-16(18,19)14-8-10-15(11-9-14)21-20-12-4-7-13-5-2-1-3-6-13/h1-12,21H. The Labute approximate surface area is 120 Å². The highest BCUT2D eigenvalue weighted by molar-refractivity contribution is 5.78. The van der Waals surface area contributed by atoms with Crippen LogP contribution in [0.3, 0.4) is 0 Å². The van der Waals surface area contributed by atoms with Gasteiger partial charge in [0.1, 0.15) is 0 Å². The highest BCUT2D eigenvalue weighted by Crippen LogP contribution is 2.29. The van der Waals surface area contributed by atoms with Gasteiger partial charge >= 0.3 is 6.18 Å². The third-order valence-electron chi connectivity index (χ3n) is 2.65. The van der Waals surface area contributed by atoms with Gasteiger partial charge in [-0.25, -0.2) is 0 Å². The third kappa shape index (κ3) is 4.80. The number of hydrogen-bond acceptors (Lipinski definition) is 2. The predicted octanol–water partition coefficient (Wildman–Crippen LogP) is 4.82. The topological polar surface area (TPSA) is 24.4 Å². The summed E-state index contributed by atoms with van der Waals surface area (Å²) in [5.41, 5.74) is 3.51. The minimum Gasteiger partial charge on any atom is -0.279 e. The van der Waals surface area contributed by atoms with Crippen molar-refractivity contribution in [2.45, 2.75) is 6.18 Å². The Morgan fingerprint density at radius 2 is 1.57 bits per heavy atom.